The third-order valence-electron chi connectivity index (χ3n) is 2.43. The predicted octanol–water partition coefficient (Wildman–Crippen LogP) is 2.97. The average molecular weight is 246 g/mol. The van der Waals surface area contributed by atoms with Crippen LogP contribution in [0.25, 0.3) is 0 Å². The first-order valence-electron chi connectivity index (χ1n) is 5.30. The average Bonchev–Trinajstić information content (AvgIpc) is 2.32. The zero-order chi connectivity index (χ0) is 13.1. The monoisotopic (exact) mass is 246 g/mol. The molecule has 1 aromatic heterocycles. The van der Waals surface area contributed by atoms with E-state index in [4.69, 9.17) is 5.11 Å². The van der Waals surface area contributed by atoms with Gasteiger partial charge in [0.1, 0.15) is 11.6 Å². The van der Waals surface area contributed by atoms with Gasteiger partial charge in [-0.3, -0.25) is 0 Å². The van der Waals surface area contributed by atoms with Crippen molar-refractivity contribution in [2.45, 2.75) is 6.92 Å². The van der Waals surface area contributed by atoms with E-state index in [0.717, 1.165) is 0 Å². The van der Waals surface area contributed by atoms with Crippen LogP contribution < -0.4 is 5.32 Å². The van der Waals surface area contributed by atoms with Crippen molar-refractivity contribution in [2.75, 3.05) is 5.32 Å². The van der Waals surface area contributed by atoms with Crippen LogP contribution in [0, 0.1) is 12.7 Å². The fraction of sp³-hybridized carbons (Fsp3) is 0.0769. The van der Waals surface area contributed by atoms with Crippen molar-refractivity contribution in [3.05, 3.63) is 53.5 Å². The van der Waals surface area contributed by atoms with Crippen LogP contribution in [0.5, 0.6) is 0 Å². The van der Waals surface area contributed by atoms with E-state index >= 15 is 0 Å². The van der Waals surface area contributed by atoms with Crippen molar-refractivity contribution in [3.8, 4) is 0 Å². The Bertz CT molecular complexity index is 582. The second-order valence-corrected chi connectivity index (χ2v) is 3.77. The highest BCUT2D eigenvalue weighted by Gasteiger charge is 2.08. The Morgan fingerprint density at radius 2 is 1.89 bits per heavy atom. The minimum absolute atomic E-state index is 0.166. The maximum Gasteiger partial charge on any atom is 0.337 e. The van der Waals surface area contributed by atoms with Crippen molar-refractivity contribution >= 4 is 17.5 Å². The molecule has 2 aromatic rings. The van der Waals surface area contributed by atoms with Crippen molar-refractivity contribution in [3.63, 3.8) is 0 Å². The molecule has 1 aromatic carbocycles. The molecule has 92 valence electrons. The van der Waals surface area contributed by atoms with Gasteiger partial charge in [0.25, 0.3) is 0 Å². The van der Waals surface area contributed by atoms with E-state index in [9.17, 15) is 9.18 Å². The number of nitrogens with zero attached hydrogens (tertiary/aromatic N) is 1. The van der Waals surface area contributed by atoms with Gasteiger partial charge in [0.15, 0.2) is 0 Å². The van der Waals surface area contributed by atoms with E-state index in [2.05, 4.69) is 10.3 Å². The highest BCUT2D eigenvalue weighted by atomic mass is 19.1. The highest BCUT2D eigenvalue weighted by Crippen LogP contribution is 2.17. The van der Waals surface area contributed by atoms with Crippen LogP contribution in [0.3, 0.4) is 0 Å². The first-order valence-corrected chi connectivity index (χ1v) is 5.30. The molecular formula is C13H11FN2O2. The van der Waals surface area contributed by atoms with Crippen molar-refractivity contribution < 1.29 is 14.3 Å². The van der Waals surface area contributed by atoms with Gasteiger partial charge < -0.3 is 10.4 Å². The third-order valence-corrected chi connectivity index (χ3v) is 2.43. The molecule has 5 heteroatoms. The molecule has 0 saturated heterocycles. The van der Waals surface area contributed by atoms with Gasteiger partial charge in [-0.15, -0.1) is 0 Å². The summed E-state index contributed by atoms with van der Waals surface area (Å²) in [6.45, 7) is 1.62. The second-order valence-electron chi connectivity index (χ2n) is 3.77. The number of anilines is 2. The molecule has 18 heavy (non-hydrogen) atoms. The smallest absolute Gasteiger partial charge is 0.337 e. The zero-order valence-electron chi connectivity index (χ0n) is 9.64. The van der Waals surface area contributed by atoms with Gasteiger partial charge in [-0.05, 0) is 43.3 Å². The summed E-state index contributed by atoms with van der Waals surface area (Å²) < 4.78 is 12.7. The summed E-state index contributed by atoms with van der Waals surface area (Å²) in [6, 6.07) is 8.88. The lowest BCUT2D eigenvalue weighted by Gasteiger charge is -2.07. The molecule has 0 spiro atoms. The Balaban J connectivity index is 2.22. The Morgan fingerprint density at radius 3 is 2.44 bits per heavy atom. The molecule has 0 amide bonds. The third kappa shape index (κ3) is 2.63. The van der Waals surface area contributed by atoms with Crippen LogP contribution in [0.4, 0.5) is 15.9 Å². The first kappa shape index (κ1) is 12.0. The molecule has 0 bridgehead atoms. The van der Waals surface area contributed by atoms with Crippen LogP contribution in [0.1, 0.15) is 16.1 Å². The number of benzene rings is 1. The number of carbonyl (C=O) groups is 1. The summed E-state index contributed by atoms with van der Waals surface area (Å²) in [4.78, 5) is 15.0. The lowest BCUT2D eigenvalue weighted by Crippen LogP contribution is -2.03. The molecule has 4 nitrogen and oxygen atoms in total. The van der Waals surface area contributed by atoms with Gasteiger partial charge in [-0.25, -0.2) is 14.2 Å². The second kappa shape index (κ2) is 4.83. The molecule has 2 rings (SSSR count). The molecule has 0 unspecified atom stereocenters. The number of pyridine rings is 1. The van der Waals surface area contributed by atoms with Crippen LogP contribution in [-0.4, -0.2) is 16.1 Å². The fourth-order valence-corrected chi connectivity index (χ4v) is 1.54. The van der Waals surface area contributed by atoms with Gasteiger partial charge >= 0.3 is 5.97 Å². The van der Waals surface area contributed by atoms with E-state index in [1.807, 2.05) is 0 Å². The first-order chi connectivity index (χ1) is 8.56. The summed E-state index contributed by atoms with van der Waals surface area (Å²) in [5.74, 6) is -0.802. The Morgan fingerprint density at radius 1 is 1.22 bits per heavy atom. The predicted molar refractivity (Wildman–Crippen MR) is 65.6 cm³/mol. The number of halogens is 1. The van der Waals surface area contributed by atoms with Gasteiger partial charge in [0, 0.05) is 5.69 Å². The van der Waals surface area contributed by atoms with E-state index in [1.165, 1.54) is 18.2 Å². The fourth-order valence-electron chi connectivity index (χ4n) is 1.54. The number of carboxylic acid groups (broad SMARTS) is 1. The van der Waals surface area contributed by atoms with Crippen LogP contribution >= 0.6 is 0 Å². The van der Waals surface area contributed by atoms with Crippen molar-refractivity contribution in [2.24, 2.45) is 0 Å². The molecule has 0 aliphatic carbocycles. The summed E-state index contributed by atoms with van der Waals surface area (Å²) in [6.07, 6.45) is 0. The zero-order valence-corrected chi connectivity index (χ0v) is 9.64. The van der Waals surface area contributed by atoms with Gasteiger partial charge in [-0.1, -0.05) is 0 Å². The number of hydrogen-bond acceptors (Lipinski definition) is 3. The number of hydrogen-bond donors (Lipinski definition) is 2. The topological polar surface area (TPSA) is 62.2 Å². The molecule has 0 atom stereocenters. The summed E-state index contributed by atoms with van der Waals surface area (Å²) in [7, 11) is 0. The number of nitrogens with one attached hydrogen (secondary N) is 1. The van der Waals surface area contributed by atoms with Gasteiger partial charge in [0.2, 0.25) is 0 Å². The Labute approximate surface area is 103 Å². The molecule has 0 radical (unpaired) electrons. The number of aryl methyl sites for hydroxylation is 1. The lowest BCUT2D eigenvalue weighted by molar-refractivity contribution is 0.0695. The number of rotatable bonds is 3. The SMILES string of the molecule is Cc1nc(Nc2ccc(F)cc2)ccc1C(=O)O. The van der Waals surface area contributed by atoms with E-state index in [-0.39, 0.29) is 11.4 Å². The number of aromatic carboxylic acids is 1. The molecule has 1 heterocycles. The quantitative estimate of drug-likeness (QED) is 0.874. The molecule has 0 fully saturated rings. The highest BCUT2D eigenvalue weighted by molar-refractivity contribution is 5.89. The maximum absolute atomic E-state index is 12.7. The van der Waals surface area contributed by atoms with E-state index in [0.29, 0.717) is 17.2 Å². The summed E-state index contributed by atoms with van der Waals surface area (Å²) in [5.41, 5.74) is 1.28. The van der Waals surface area contributed by atoms with Gasteiger partial charge in [0.05, 0.1) is 11.3 Å². The van der Waals surface area contributed by atoms with E-state index in [1.54, 1.807) is 25.1 Å². The van der Waals surface area contributed by atoms with Crippen molar-refractivity contribution in [1.29, 1.82) is 0 Å². The number of carboxylic acids is 1. The molecule has 0 aliphatic rings. The summed E-state index contributed by atoms with van der Waals surface area (Å²) >= 11 is 0. The summed E-state index contributed by atoms with van der Waals surface area (Å²) in [5, 5.41) is 11.8. The Kier molecular flexibility index (Phi) is 3.23. The maximum atomic E-state index is 12.7. The van der Waals surface area contributed by atoms with E-state index < -0.39 is 5.97 Å². The standard InChI is InChI=1S/C13H11FN2O2/c1-8-11(13(17)18)6-7-12(15-8)16-10-4-2-9(14)3-5-10/h2-7H,1H3,(H,15,16)(H,17,18). The van der Waals surface area contributed by atoms with Gasteiger partial charge in [-0.2, -0.15) is 0 Å². The van der Waals surface area contributed by atoms with Crippen LogP contribution in [0.2, 0.25) is 0 Å². The lowest BCUT2D eigenvalue weighted by atomic mass is 10.2. The Hall–Kier alpha value is -2.43. The number of aromatic nitrogens is 1. The van der Waals surface area contributed by atoms with Crippen LogP contribution in [0.15, 0.2) is 36.4 Å². The molecule has 0 aliphatic heterocycles. The molecular weight excluding hydrogens is 235 g/mol. The van der Waals surface area contributed by atoms with Crippen LogP contribution in [-0.2, 0) is 0 Å². The molecule has 0 saturated carbocycles. The largest absolute Gasteiger partial charge is 0.478 e. The molecule has 2 N–H and O–H groups in total. The minimum Gasteiger partial charge on any atom is -0.478 e. The normalized spacial score (nSPS) is 10.1. The minimum atomic E-state index is -1.01. The van der Waals surface area contributed by atoms with Crippen molar-refractivity contribution in [1.82, 2.24) is 4.98 Å².